The number of carbonyl (C=O) groups is 6. The van der Waals surface area contributed by atoms with Crippen LogP contribution in [-0.2, 0) is 61.4 Å². The number of alkyl halides is 2. The van der Waals surface area contributed by atoms with Gasteiger partial charge in [-0.2, -0.15) is 10.2 Å². The molecule has 4 aliphatic rings. The summed E-state index contributed by atoms with van der Waals surface area (Å²) in [7, 11) is -8.37. The molecule has 82 heavy (non-hydrogen) atoms. The van der Waals surface area contributed by atoms with Crippen LogP contribution in [0.3, 0.4) is 0 Å². The fraction of sp³-hybridized carbons (Fsp3) is 0.462. The van der Waals surface area contributed by atoms with E-state index in [9.17, 15) is 62.6 Å². The van der Waals surface area contributed by atoms with Crippen LogP contribution in [0.2, 0.25) is 0 Å². The lowest BCUT2D eigenvalue weighted by atomic mass is 9.97. The van der Waals surface area contributed by atoms with Crippen molar-refractivity contribution in [3.63, 3.8) is 0 Å². The Morgan fingerprint density at radius 3 is 1.43 bits per heavy atom. The molecule has 2 fully saturated rings. The number of carbonyl (C=O) groups excluding carboxylic acids is 6. The zero-order valence-electron chi connectivity index (χ0n) is 45.7. The van der Waals surface area contributed by atoms with E-state index in [0.29, 0.717) is 0 Å². The molecule has 12 atom stereocenters. The van der Waals surface area contributed by atoms with Crippen LogP contribution in [0.25, 0.3) is 0 Å². The van der Waals surface area contributed by atoms with Crippen molar-refractivity contribution in [3.8, 4) is 17.2 Å². The highest BCUT2D eigenvalue weighted by atomic mass is 31.2. The quantitative estimate of drug-likeness (QED) is 0.0291. The van der Waals surface area contributed by atoms with Gasteiger partial charge in [-0.15, -0.1) is 0 Å². The second-order valence-electron chi connectivity index (χ2n) is 19.6. The molecule has 30 heteroatoms. The molecule has 4 heterocycles. The van der Waals surface area contributed by atoms with Gasteiger partial charge in [0.05, 0.1) is 43.2 Å². The van der Waals surface area contributed by atoms with Gasteiger partial charge in [-0.1, -0.05) is 36.4 Å². The smallest absolute Gasteiger partial charge is 0.462 e. The van der Waals surface area contributed by atoms with Crippen molar-refractivity contribution in [1.29, 1.82) is 0 Å². The molecule has 3 aromatic rings. The second kappa shape index (κ2) is 28.4. The van der Waals surface area contributed by atoms with E-state index in [4.69, 9.17) is 42.1 Å². The topological polar surface area (TPSA) is 345 Å². The van der Waals surface area contributed by atoms with Crippen molar-refractivity contribution in [2.24, 2.45) is 0 Å². The number of halogens is 2. The summed E-state index contributed by atoms with van der Waals surface area (Å²) in [5, 5.41) is 45.0. The lowest BCUT2D eigenvalue weighted by molar-refractivity contribution is -0.384. The number of nitro benzene ring substituents is 1. The highest BCUT2D eigenvalue weighted by molar-refractivity contribution is 7.52. The van der Waals surface area contributed by atoms with Gasteiger partial charge in [0.1, 0.15) is 53.7 Å². The number of ketones is 2. The molecular weight excluding hydrogens is 1130 g/mol. The third-order valence-electron chi connectivity index (χ3n) is 11.9. The molecule has 7 rings (SSSR count). The van der Waals surface area contributed by atoms with Crippen LogP contribution in [0.15, 0.2) is 109 Å². The van der Waals surface area contributed by atoms with Gasteiger partial charge in [-0.05, 0) is 104 Å². The van der Waals surface area contributed by atoms with Gasteiger partial charge in [0.25, 0.3) is 5.69 Å². The summed E-state index contributed by atoms with van der Waals surface area (Å²) in [6.07, 6.45) is -5.75. The Hall–Kier alpha value is -6.84. The van der Waals surface area contributed by atoms with E-state index in [1.165, 1.54) is 50.2 Å². The molecule has 0 radical (unpaired) electrons. The number of esters is 2. The Morgan fingerprint density at radius 2 is 1.05 bits per heavy atom. The van der Waals surface area contributed by atoms with E-state index in [1.54, 1.807) is 76.2 Å². The Bertz CT molecular complexity index is 2900. The average molecular weight is 1200 g/mol. The fourth-order valence-electron chi connectivity index (χ4n) is 7.81. The molecule has 3 aromatic carbocycles. The first-order valence-corrected chi connectivity index (χ1v) is 28.4. The molecule has 2 amide bonds. The minimum absolute atomic E-state index is 0.0711. The Kier molecular flexibility index (Phi) is 22.9. The number of rotatable bonds is 21. The van der Waals surface area contributed by atoms with Crippen molar-refractivity contribution >= 4 is 56.5 Å². The number of hydrogen-bond donors (Lipinski definition) is 5. The fourth-order valence-corrected chi connectivity index (χ4v) is 10.8. The first kappa shape index (κ1) is 66.0. The molecule has 2 saturated heterocycles. The molecule has 0 aromatic heterocycles. The van der Waals surface area contributed by atoms with E-state index < -0.39 is 136 Å². The highest BCUT2D eigenvalue weighted by Gasteiger charge is 2.59. The number of nitrogens with zero attached hydrogens (tertiary/aromatic N) is 3. The minimum atomic E-state index is -4.29. The number of amides is 2. The van der Waals surface area contributed by atoms with Crippen LogP contribution in [0.5, 0.6) is 17.2 Å². The summed E-state index contributed by atoms with van der Waals surface area (Å²) in [6, 6.07) is 19.2. The number of non-ortho nitro benzene ring substituents is 1. The van der Waals surface area contributed by atoms with Gasteiger partial charge in [-0.25, -0.2) is 17.9 Å². The number of ether oxygens (including phenoxy) is 4. The predicted octanol–water partition coefficient (Wildman–Crippen LogP) is 5.45. The van der Waals surface area contributed by atoms with Crippen LogP contribution >= 0.6 is 15.5 Å². The molecule has 0 unspecified atom stereocenters. The van der Waals surface area contributed by atoms with E-state index in [2.05, 4.69) is 10.2 Å². The lowest BCUT2D eigenvalue weighted by Crippen LogP contribution is -2.51. The van der Waals surface area contributed by atoms with Crippen molar-refractivity contribution < 1.29 is 104 Å². The summed E-state index contributed by atoms with van der Waals surface area (Å²) in [5.74, 6) is -2.94. The van der Waals surface area contributed by atoms with Gasteiger partial charge in [0, 0.05) is 24.5 Å². The van der Waals surface area contributed by atoms with Gasteiger partial charge in [-0.3, -0.25) is 53.2 Å². The van der Waals surface area contributed by atoms with Gasteiger partial charge in [0.15, 0.2) is 35.4 Å². The maximum absolute atomic E-state index is 15.5. The van der Waals surface area contributed by atoms with Crippen molar-refractivity contribution in [2.45, 2.75) is 141 Å². The van der Waals surface area contributed by atoms with E-state index in [0.717, 1.165) is 48.2 Å². The normalized spacial score (nSPS) is 26.3. The Morgan fingerprint density at radius 1 is 0.671 bits per heavy atom. The third-order valence-corrected chi connectivity index (χ3v) is 15.2. The molecule has 0 bridgehead atoms. The SMILES string of the molecule is CC(C)OC(=O)[C@H](C)N[P@@](=O)(OC[C@H]1O[C@@H](N2C=CC(=O)CC2=O)[C@](C)(F)[C@@H]1O)Oc1ccccc1.CC(C)OC(=O)[C@H](C)N[P@@](=O)(Oc1ccccc1)Oc1ccc([N+](=O)[O-])cc1.C[C@@]1(F)[C@H](O)[C@@H](CO)O[C@H]1N1C=CC(=O)CC1=O. The number of allylic oxidation sites excluding steroid dienone is 2. The molecule has 448 valence electrons. The zero-order valence-corrected chi connectivity index (χ0v) is 47.5. The van der Waals surface area contributed by atoms with Gasteiger partial charge in [0.2, 0.25) is 11.8 Å². The van der Waals surface area contributed by atoms with Crippen LogP contribution in [0, 0.1) is 10.1 Å². The summed E-state index contributed by atoms with van der Waals surface area (Å²) in [4.78, 5) is 82.7. The summed E-state index contributed by atoms with van der Waals surface area (Å²) >= 11 is 0. The summed E-state index contributed by atoms with van der Waals surface area (Å²) in [6.45, 7) is 10.5. The average Bonchev–Trinajstić information content (AvgIpc) is 4.00. The molecule has 0 saturated carbocycles. The number of aliphatic hydroxyl groups excluding tert-OH is 3. The largest absolute Gasteiger partial charge is 0.513 e. The lowest BCUT2D eigenvalue weighted by Gasteiger charge is -2.32. The first-order valence-electron chi connectivity index (χ1n) is 25.3. The zero-order chi connectivity index (χ0) is 60.9. The Balaban J connectivity index is 0.000000238. The number of benzene rings is 3. The highest BCUT2D eigenvalue weighted by Crippen LogP contribution is 2.48. The van der Waals surface area contributed by atoms with Crippen molar-refractivity contribution in [2.75, 3.05) is 13.2 Å². The number of aliphatic hydroxyl groups is 3. The number of para-hydroxylation sites is 2. The standard InChI is InChI=1S/C23H30FN2O9P.C18H21N2O7P.C11H14FNO5/c1-14(2)33-21(30)15(3)25-36(31,35-17-8-6-5-7-9-17)32-13-18-20(29)23(4,24)22(34-18)26-11-10-16(27)12-19(26)28;1-13(2)25-18(21)14(3)19-28(24,26-16-7-5-4-6-8-16)27-17-11-9-15(10-12-17)20(22)23;1-11(12)9(17)7(5-14)18-10(11)13-3-2-6(15)4-8(13)16/h5-11,14-15,18,20,22,29H,12-13H2,1-4H3,(H,25,31);4-14H,1-3H3,(H,19,24);2-3,7,9-10,14,17H,4-5H2,1H3/t15-,18+,20+,22+,23+,36+;14-,28+;7-,9-,10-,11-/m001/s1. The molecule has 5 N–H and O–H groups in total. The van der Waals surface area contributed by atoms with Crippen LogP contribution in [-0.4, -0.2) is 151 Å². The van der Waals surface area contributed by atoms with Crippen LogP contribution in [0.1, 0.15) is 68.2 Å². The van der Waals surface area contributed by atoms with Crippen molar-refractivity contribution in [1.82, 2.24) is 20.0 Å². The molecular formula is C52H65F2N5O21P2. The van der Waals surface area contributed by atoms with Crippen LogP contribution in [0.4, 0.5) is 14.5 Å². The molecule has 26 nitrogen and oxygen atoms in total. The van der Waals surface area contributed by atoms with E-state index >= 15 is 4.39 Å². The number of nitro groups is 1. The second-order valence-corrected chi connectivity index (χ2v) is 22.9. The number of nitrogens with one attached hydrogen (secondary N) is 2. The summed E-state index contributed by atoms with van der Waals surface area (Å²) < 4.78 is 99.5. The maximum atomic E-state index is 15.5. The van der Waals surface area contributed by atoms with Gasteiger partial charge < -0.3 is 47.8 Å². The first-order chi connectivity index (χ1) is 38.4. The van der Waals surface area contributed by atoms with E-state index in [1.807, 2.05) is 0 Å². The maximum Gasteiger partial charge on any atom is 0.513 e. The van der Waals surface area contributed by atoms with Crippen molar-refractivity contribution in [3.05, 3.63) is 120 Å². The molecule has 0 aliphatic carbocycles. The van der Waals surface area contributed by atoms with E-state index in [-0.39, 0.29) is 41.2 Å². The monoisotopic (exact) mass is 1200 g/mol. The third kappa shape index (κ3) is 17.8. The number of hydrogen-bond acceptors (Lipinski definition) is 21. The Labute approximate surface area is 469 Å². The predicted molar refractivity (Wildman–Crippen MR) is 283 cm³/mol. The van der Waals surface area contributed by atoms with Gasteiger partial charge >= 0.3 is 27.4 Å². The molecule has 4 aliphatic heterocycles. The van der Waals surface area contributed by atoms with Crippen LogP contribution < -0.4 is 23.7 Å². The summed E-state index contributed by atoms with van der Waals surface area (Å²) in [5.41, 5.74) is -4.80. The minimum Gasteiger partial charge on any atom is -0.462 e. The molecule has 0 spiro atoms.